The SMILES string of the molecule is [2H]CC(C)(C)c1nc(-c2c([2H])c([2H])c([2H])c(NS(=O)(=O)c3c(F)c([2H])c([2H])c([2H])c3F)c2F)c(-c2nc(Cl)nc([2H])c2[2H])s1. The molecule has 0 spiro atoms. The van der Waals surface area contributed by atoms with Crippen LogP contribution in [-0.4, -0.2) is 23.4 Å². The predicted octanol–water partition coefficient (Wildman–Crippen LogP) is 6.44. The molecular formula is C23H18ClF3N4O2S2. The Balaban J connectivity index is 2.06. The van der Waals surface area contributed by atoms with E-state index in [9.17, 15) is 17.2 Å². The van der Waals surface area contributed by atoms with Crippen LogP contribution in [0.3, 0.4) is 0 Å². The van der Waals surface area contributed by atoms with Crippen molar-refractivity contribution < 1.29 is 33.9 Å². The minimum absolute atomic E-state index is 0.145. The molecule has 0 bridgehead atoms. The van der Waals surface area contributed by atoms with E-state index in [1.54, 1.807) is 13.8 Å². The average molecular weight is 548 g/mol. The fraction of sp³-hybridized carbons (Fsp3) is 0.174. The number of nitrogens with zero attached hydrogens (tertiary/aromatic N) is 3. The number of nitrogens with one attached hydrogen (secondary N) is 1. The lowest BCUT2D eigenvalue weighted by Crippen LogP contribution is -2.17. The van der Waals surface area contributed by atoms with E-state index in [1.165, 1.54) is 4.72 Å². The quantitative estimate of drug-likeness (QED) is 0.291. The van der Waals surface area contributed by atoms with Gasteiger partial charge < -0.3 is 0 Å². The first-order valence-electron chi connectivity index (χ1n) is 14.1. The molecule has 0 atom stereocenters. The first-order chi connectivity index (χ1) is 20.3. The molecule has 2 heterocycles. The summed E-state index contributed by atoms with van der Waals surface area (Å²) in [5.74, 6) is -5.83. The molecule has 6 nitrogen and oxygen atoms in total. The van der Waals surface area contributed by atoms with E-state index < -0.39 is 108 Å². The van der Waals surface area contributed by atoms with Gasteiger partial charge in [-0.05, 0) is 41.8 Å². The minimum atomic E-state index is -5.58. The summed E-state index contributed by atoms with van der Waals surface area (Å²) >= 11 is 6.69. The van der Waals surface area contributed by atoms with Crippen LogP contribution < -0.4 is 4.72 Å². The van der Waals surface area contributed by atoms with E-state index in [0.717, 1.165) is 11.3 Å². The third kappa shape index (κ3) is 5.02. The Morgan fingerprint density at radius 2 is 1.77 bits per heavy atom. The molecule has 0 saturated carbocycles. The summed E-state index contributed by atoms with van der Waals surface area (Å²) in [7, 11) is -5.58. The van der Waals surface area contributed by atoms with Crippen molar-refractivity contribution >= 4 is 38.6 Å². The van der Waals surface area contributed by atoms with Gasteiger partial charge in [0.15, 0.2) is 10.7 Å². The van der Waals surface area contributed by atoms with Gasteiger partial charge in [0, 0.05) is 18.5 Å². The zero-order valence-electron chi connectivity index (χ0n) is 26.7. The van der Waals surface area contributed by atoms with E-state index >= 15 is 4.39 Å². The van der Waals surface area contributed by atoms with Gasteiger partial charge in [-0.15, -0.1) is 11.3 Å². The number of thiazole rings is 1. The van der Waals surface area contributed by atoms with E-state index in [2.05, 4.69) is 15.0 Å². The number of halogens is 4. The molecule has 35 heavy (non-hydrogen) atoms. The van der Waals surface area contributed by atoms with Gasteiger partial charge in [0.1, 0.15) is 11.6 Å². The number of aromatic nitrogens is 3. The second-order valence-corrected chi connectivity index (χ2v) is 10.5. The van der Waals surface area contributed by atoms with Crippen LogP contribution in [0, 0.1) is 17.5 Å². The fourth-order valence-corrected chi connectivity index (χ4v) is 4.97. The van der Waals surface area contributed by atoms with Crippen molar-refractivity contribution in [3.8, 4) is 21.8 Å². The zero-order valence-corrected chi connectivity index (χ0v) is 20.1. The highest BCUT2D eigenvalue weighted by Crippen LogP contribution is 2.42. The highest BCUT2D eigenvalue weighted by atomic mass is 35.5. The van der Waals surface area contributed by atoms with Crippen molar-refractivity contribution in [2.45, 2.75) is 31.1 Å². The summed E-state index contributed by atoms with van der Waals surface area (Å²) in [6.45, 7) is 2.95. The summed E-state index contributed by atoms with van der Waals surface area (Å²) < 4.78 is 145. The van der Waals surface area contributed by atoms with E-state index in [-0.39, 0.29) is 22.5 Å². The summed E-state index contributed by atoms with van der Waals surface area (Å²) in [6, 6.07) is -7.98. The van der Waals surface area contributed by atoms with Crippen LogP contribution >= 0.6 is 22.9 Å². The number of rotatable bonds is 5. The molecule has 4 rings (SSSR count). The molecule has 182 valence electrons. The van der Waals surface area contributed by atoms with E-state index in [1.807, 2.05) is 0 Å². The molecule has 0 aliphatic heterocycles. The number of hydrogen-bond donors (Lipinski definition) is 1. The molecule has 4 aromatic rings. The van der Waals surface area contributed by atoms with Crippen LogP contribution in [0.2, 0.25) is 5.28 Å². The number of benzene rings is 2. The van der Waals surface area contributed by atoms with Crippen LogP contribution in [0.15, 0.2) is 53.4 Å². The maximum absolute atomic E-state index is 16.3. The second kappa shape index (κ2) is 9.21. The lowest BCUT2D eigenvalue weighted by molar-refractivity contribution is 0.521. The molecule has 0 radical (unpaired) electrons. The van der Waals surface area contributed by atoms with Crippen LogP contribution in [0.25, 0.3) is 21.8 Å². The molecule has 2 aromatic heterocycles. The van der Waals surface area contributed by atoms with Crippen LogP contribution in [0.4, 0.5) is 18.9 Å². The van der Waals surface area contributed by atoms with Gasteiger partial charge in [-0.3, -0.25) is 4.72 Å². The van der Waals surface area contributed by atoms with Gasteiger partial charge in [0.2, 0.25) is 5.28 Å². The topological polar surface area (TPSA) is 84.8 Å². The highest BCUT2D eigenvalue weighted by molar-refractivity contribution is 7.92. The van der Waals surface area contributed by atoms with Crippen molar-refractivity contribution in [2.75, 3.05) is 4.72 Å². The third-order valence-electron chi connectivity index (χ3n) is 4.25. The molecule has 0 aliphatic carbocycles. The normalized spacial score (nSPS) is 15.7. The van der Waals surface area contributed by atoms with Crippen molar-refractivity contribution in [1.82, 2.24) is 15.0 Å². The van der Waals surface area contributed by atoms with Gasteiger partial charge >= 0.3 is 0 Å². The Labute approximate surface area is 221 Å². The Bertz CT molecular complexity index is 1950. The lowest BCUT2D eigenvalue weighted by Gasteiger charge is -2.14. The molecule has 0 aliphatic rings. The number of anilines is 1. The van der Waals surface area contributed by atoms with Gasteiger partial charge in [0.05, 0.1) is 37.9 Å². The average Bonchev–Trinajstić information content (AvgIpc) is 3.39. The van der Waals surface area contributed by atoms with Crippen molar-refractivity contribution in [3.05, 3.63) is 76.2 Å². The van der Waals surface area contributed by atoms with Crippen LogP contribution in [0.5, 0.6) is 0 Å². The van der Waals surface area contributed by atoms with Gasteiger partial charge in [-0.1, -0.05) is 32.8 Å². The van der Waals surface area contributed by atoms with Crippen LogP contribution in [-0.2, 0) is 15.4 Å². The number of hydrogen-bond acceptors (Lipinski definition) is 6. The Hall–Kier alpha value is -3.02. The number of sulfonamides is 1. The smallest absolute Gasteiger partial charge is 0.267 e. The molecule has 0 unspecified atom stereocenters. The van der Waals surface area contributed by atoms with Crippen molar-refractivity contribution in [3.63, 3.8) is 0 Å². The first-order valence-corrected chi connectivity index (χ1v) is 12.0. The summed E-state index contributed by atoms with van der Waals surface area (Å²) in [5.41, 5.74) is -4.09. The molecule has 0 saturated heterocycles. The zero-order chi connectivity index (χ0) is 33.2. The predicted molar refractivity (Wildman–Crippen MR) is 129 cm³/mol. The standard InChI is InChI=1S/C23H18ClF3N4O2S2/c1-23(2,3)21-30-18(19(34-21)16-10-11-28-22(24)29-16)12-6-4-9-15(17(12)27)31-35(32,33)20-13(25)7-5-8-14(20)26/h4-11,31H,1-3H3/i1D,4D,5D,6D,7D,8D,9D,10D,11D. The molecule has 12 heteroatoms. The molecule has 0 fully saturated rings. The maximum Gasteiger partial charge on any atom is 0.267 e. The first kappa shape index (κ1) is 15.9. The lowest BCUT2D eigenvalue weighted by atomic mass is 9.98. The minimum Gasteiger partial charge on any atom is -0.276 e. The molecule has 1 N–H and O–H groups in total. The fourth-order valence-electron chi connectivity index (χ4n) is 2.72. The van der Waals surface area contributed by atoms with E-state index in [0.29, 0.717) is 0 Å². The summed E-state index contributed by atoms with van der Waals surface area (Å²) in [5, 5.41) is -0.333. The van der Waals surface area contributed by atoms with Gasteiger partial charge in [0.25, 0.3) is 10.0 Å². The van der Waals surface area contributed by atoms with Crippen molar-refractivity contribution in [2.24, 2.45) is 0 Å². The Morgan fingerprint density at radius 3 is 2.46 bits per heavy atom. The monoisotopic (exact) mass is 547 g/mol. The largest absolute Gasteiger partial charge is 0.276 e. The second-order valence-electron chi connectivity index (χ2n) is 7.54. The van der Waals surface area contributed by atoms with Gasteiger partial charge in [-0.25, -0.2) is 36.5 Å². The molecule has 0 amide bonds. The highest BCUT2D eigenvalue weighted by Gasteiger charge is 2.28. The Kier molecular flexibility index (Phi) is 4.18. The van der Waals surface area contributed by atoms with Crippen molar-refractivity contribution in [1.29, 1.82) is 0 Å². The van der Waals surface area contributed by atoms with E-state index in [4.69, 9.17) is 23.9 Å². The molecular weight excluding hydrogens is 521 g/mol. The summed E-state index contributed by atoms with van der Waals surface area (Å²) in [4.78, 5) is 9.73. The Morgan fingerprint density at radius 1 is 1.09 bits per heavy atom. The molecule has 2 aromatic carbocycles. The van der Waals surface area contributed by atoms with Gasteiger partial charge in [-0.2, -0.15) is 0 Å². The van der Waals surface area contributed by atoms with Crippen LogP contribution in [0.1, 0.15) is 38.1 Å². The maximum atomic E-state index is 16.3. The summed E-state index contributed by atoms with van der Waals surface area (Å²) in [6.07, 6.45) is -0.631. The third-order valence-corrected chi connectivity index (χ3v) is 7.21.